The normalized spacial score (nSPS) is 20.4. The van der Waals surface area contributed by atoms with Crippen molar-refractivity contribution in [3.8, 4) is 0 Å². The Morgan fingerprint density at radius 1 is 1.22 bits per heavy atom. The summed E-state index contributed by atoms with van der Waals surface area (Å²) in [4.78, 5) is 20.2. The fourth-order valence-electron chi connectivity index (χ4n) is 1.98. The van der Waals surface area contributed by atoms with Gasteiger partial charge in [0.25, 0.3) is 0 Å². The van der Waals surface area contributed by atoms with E-state index < -0.39 is 0 Å². The molecule has 1 aromatic heterocycles. The van der Waals surface area contributed by atoms with Crippen LogP contribution in [0.25, 0.3) is 0 Å². The maximum atomic E-state index is 12.1. The Balaban J connectivity index is 0.000000771. The van der Waals surface area contributed by atoms with E-state index in [4.69, 9.17) is 0 Å². The van der Waals surface area contributed by atoms with Gasteiger partial charge in [-0.1, -0.05) is 19.9 Å². The molecule has 1 saturated heterocycles. The average Bonchev–Trinajstić information content (AvgIpc) is 2.39. The lowest BCUT2D eigenvalue weighted by atomic mass is 10.0. The number of nitrogens with zero attached hydrogens (tertiary/aromatic N) is 3. The molecule has 1 aliphatic heterocycles. The first-order valence-corrected chi connectivity index (χ1v) is 6.47. The number of piperazine rings is 1. The summed E-state index contributed by atoms with van der Waals surface area (Å²) in [7, 11) is 3.83. The van der Waals surface area contributed by atoms with Crippen molar-refractivity contribution in [3.05, 3.63) is 29.6 Å². The molecule has 1 unspecified atom stereocenters. The molecule has 2 heterocycles. The van der Waals surface area contributed by atoms with Crippen molar-refractivity contribution in [1.82, 2.24) is 14.8 Å². The average molecular weight is 249 g/mol. The maximum absolute atomic E-state index is 12.1. The van der Waals surface area contributed by atoms with Gasteiger partial charge in [-0.3, -0.25) is 14.7 Å². The zero-order valence-corrected chi connectivity index (χ0v) is 12.0. The molecular weight excluding hydrogens is 226 g/mol. The van der Waals surface area contributed by atoms with Crippen molar-refractivity contribution in [2.75, 3.05) is 27.2 Å². The molecule has 4 nitrogen and oxygen atoms in total. The van der Waals surface area contributed by atoms with Gasteiger partial charge < -0.3 is 4.90 Å². The Morgan fingerprint density at radius 3 is 2.44 bits per heavy atom. The van der Waals surface area contributed by atoms with Crippen molar-refractivity contribution in [3.63, 3.8) is 0 Å². The molecule has 1 atom stereocenters. The molecule has 1 amide bonds. The minimum atomic E-state index is -0.174. The van der Waals surface area contributed by atoms with Crippen LogP contribution in [0.15, 0.2) is 18.3 Å². The molecule has 100 valence electrons. The molecule has 0 N–H and O–H groups in total. The lowest BCUT2D eigenvalue weighted by molar-refractivity contribution is -0.139. The molecule has 0 spiro atoms. The number of rotatable bonds is 1. The van der Waals surface area contributed by atoms with Crippen LogP contribution in [0.1, 0.15) is 31.1 Å². The van der Waals surface area contributed by atoms with Crippen LogP contribution in [-0.2, 0) is 4.79 Å². The number of carbonyl (C=O) groups is 1. The molecule has 0 saturated carbocycles. The van der Waals surface area contributed by atoms with E-state index in [1.807, 2.05) is 47.0 Å². The molecule has 1 fully saturated rings. The van der Waals surface area contributed by atoms with Crippen LogP contribution < -0.4 is 0 Å². The minimum Gasteiger partial charge on any atom is -0.343 e. The number of hydrogen-bond acceptors (Lipinski definition) is 3. The first kappa shape index (κ1) is 14.6. The van der Waals surface area contributed by atoms with E-state index in [1.54, 1.807) is 11.1 Å². The van der Waals surface area contributed by atoms with Crippen LogP contribution in [0.4, 0.5) is 0 Å². The monoisotopic (exact) mass is 249 g/mol. The summed E-state index contributed by atoms with van der Waals surface area (Å²) >= 11 is 0. The van der Waals surface area contributed by atoms with Crippen molar-refractivity contribution in [2.24, 2.45) is 0 Å². The van der Waals surface area contributed by atoms with Crippen molar-refractivity contribution < 1.29 is 4.79 Å². The van der Waals surface area contributed by atoms with E-state index in [9.17, 15) is 4.79 Å². The highest BCUT2D eigenvalue weighted by Crippen LogP contribution is 2.23. The SMILES string of the molecule is CC.Cc1ccc(C2C(=O)N(C)CCN2C)cn1. The van der Waals surface area contributed by atoms with Gasteiger partial charge in [-0.2, -0.15) is 0 Å². The summed E-state index contributed by atoms with van der Waals surface area (Å²) in [6, 6.07) is 3.76. The van der Waals surface area contributed by atoms with E-state index in [2.05, 4.69) is 9.88 Å². The number of amides is 1. The van der Waals surface area contributed by atoms with E-state index >= 15 is 0 Å². The third kappa shape index (κ3) is 3.07. The highest BCUT2D eigenvalue weighted by atomic mass is 16.2. The molecule has 1 aliphatic rings. The molecule has 4 heteroatoms. The Morgan fingerprint density at radius 2 is 1.89 bits per heavy atom. The zero-order valence-electron chi connectivity index (χ0n) is 12.0. The highest BCUT2D eigenvalue weighted by molar-refractivity contribution is 5.83. The number of aryl methyl sites for hydroxylation is 1. The second-order valence-corrected chi connectivity index (χ2v) is 4.38. The first-order valence-electron chi connectivity index (χ1n) is 6.47. The molecule has 1 aromatic rings. The van der Waals surface area contributed by atoms with Gasteiger partial charge in [-0.05, 0) is 25.6 Å². The molecule has 0 aliphatic carbocycles. The summed E-state index contributed by atoms with van der Waals surface area (Å²) in [6.45, 7) is 7.65. The number of pyridine rings is 1. The second-order valence-electron chi connectivity index (χ2n) is 4.38. The second kappa shape index (κ2) is 6.50. The predicted molar refractivity (Wildman–Crippen MR) is 73.3 cm³/mol. The fourth-order valence-corrected chi connectivity index (χ4v) is 1.98. The van der Waals surface area contributed by atoms with E-state index in [0.717, 1.165) is 24.3 Å². The Bertz CT molecular complexity index is 389. The van der Waals surface area contributed by atoms with Crippen LogP contribution in [0.5, 0.6) is 0 Å². The Kier molecular flexibility index (Phi) is 5.28. The third-order valence-corrected chi connectivity index (χ3v) is 3.09. The van der Waals surface area contributed by atoms with Gasteiger partial charge in [0.1, 0.15) is 6.04 Å². The molecule has 2 rings (SSSR count). The van der Waals surface area contributed by atoms with Gasteiger partial charge in [0.2, 0.25) is 5.91 Å². The highest BCUT2D eigenvalue weighted by Gasteiger charge is 2.31. The fraction of sp³-hybridized carbons (Fsp3) is 0.571. The summed E-state index contributed by atoms with van der Waals surface area (Å²) in [5.74, 6) is 0.152. The third-order valence-electron chi connectivity index (χ3n) is 3.09. The molecule has 0 radical (unpaired) electrons. The number of carbonyl (C=O) groups excluding carboxylic acids is 1. The van der Waals surface area contributed by atoms with E-state index in [0.29, 0.717) is 0 Å². The van der Waals surface area contributed by atoms with Crippen molar-refractivity contribution in [1.29, 1.82) is 0 Å². The van der Waals surface area contributed by atoms with Crippen LogP contribution >= 0.6 is 0 Å². The van der Waals surface area contributed by atoms with Gasteiger partial charge in [-0.15, -0.1) is 0 Å². The summed E-state index contributed by atoms with van der Waals surface area (Å²) in [5.41, 5.74) is 1.95. The molecular formula is C14H23N3O. The van der Waals surface area contributed by atoms with Gasteiger partial charge in [0, 0.05) is 32.0 Å². The Labute approximate surface area is 110 Å². The van der Waals surface area contributed by atoms with Gasteiger partial charge in [0.15, 0.2) is 0 Å². The standard InChI is InChI=1S/C12H17N3O.C2H6/c1-9-4-5-10(8-13-9)11-12(16)15(3)7-6-14(11)2;1-2/h4-5,8,11H,6-7H2,1-3H3;1-2H3. The first-order chi connectivity index (χ1) is 8.59. The molecule has 18 heavy (non-hydrogen) atoms. The minimum absolute atomic E-state index is 0.152. The molecule has 0 aromatic carbocycles. The van der Waals surface area contributed by atoms with Crippen LogP contribution in [0.2, 0.25) is 0 Å². The lowest BCUT2D eigenvalue weighted by Gasteiger charge is -2.36. The number of aromatic nitrogens is 1. The summed E-state index contributed by atoms with van der Waals surface area (Å²) in [6.07, 6.45) is 1.80. The van der Waals surface area contributed by atoms with Crippen molar-refractivity contribution in [2.45, 2.75) is 26.8 Å². The smallest absolute Gasteiger partial charge is 0.244 e. The number of hydrogen-bond donors (Lipinski definition) is 0. The van der Waals surface area contributed by atoms with Gasteiger partial charge in [-0.25, -0.2) is 0 Å². The topological polar surface area (TPSA) is 36.4 Å². The van der Waals surface area contributed by atoms with Crippen molar-refractivity contribution >= 4 is 5.91 Å². The zero-order chi connectivity index (χ0) is 13.7. The lowest BCUT2D eigenvalue weighted by Crippen LogP contribution is -2.49. The van der Waals surface area contributed by atoms with Crippen LogP contribution in [0.3, 0.4) is 0 Å². The summed E-state index contributed by atoms with van der Waals surface area (Å²) in [5, 5.41) is 0. The Hall–Kier alpha value is -1.42. The van der Waals surface area contributed by atoms with E-state index in [-0.39, 0.29) is 11.9 Å². The predicted octanol–water partition coefficient (Wildman–Crippen LogP) is 1.86. The van der Waals surface area contributed by atoms with Crippen LogP contribution in [-0.4, -0.2) is 47.9 Å². The summed E-state index contributed by atoms with van der Waals surface area (Å²) < 4.78 is 0. The quantitative estimate of drug-likeness (QED) is 0.762. The number of likely N-dealkylation sites (N-methyl/N-ethyl adjacent to an activating group) is 2. The van der Waals surface area contributed by atoms with Crippen LogP contribution in [0, 0.1) is 6.92 Å². The maximum Gasteiger partial charge on any atom is 0.244 e. The molecule has 0 bridgehead atoms. The van der Waals surface area contributed by atoms with E-state index in [1.165, 1.54) is 0 Å². The van der Waals surface area contributed by atoms with Gasteiger partial charge in [0.05, 0.1) is 0 Å². The largest absolute Gasteiger partial charge is 0.343 e. The van der Waals surface area contributed by atoms with Gasteiger partial charge >= 0.3 is 0 Å².